The number of aromatic nitrogens is 1. The molecule has 9 aromatic rings. The molecule has 0 N–H and O–H groups in total. The summed E-state index contributed by atoms with van der Waals surface area (Å²) in [6, 6.07) is 53.3. The molecule has 0 aliphatic rings. The lowest BCUT2D eigenvalue weighted by molar-refractivity contribution is 0.664. The summed E-state index contributed by atoms with van der Waals surface area (Å²) >= 11 is 0. The molecule has 0 radical (unpaired) electrons. The van der Waals surface area contributed by atoms with Gasteiger partial charge in [0, 0.05) is 33.5 Å². The number of rotatable bonds is 17. The van der Waals surface area contributed by atoms with E-state index in [-0.39, 0.29) is 29.9 Å². The first-order chi connectivity index (χ1) is 33.9. The molecule has 9 rings (SSSR count). The number of fused-ring (bicyclic) bond motifs is 3. The first-order valence-electron chi connectivity index (χ1n) is 26.4. The number of aryl methyl sites for hydroxylation is 5. The molecular formula is C64H66N2. The summed E-state index contributed by atoms with van der Waals surface area (Å²) < 4.78 is 38.2. The van der Waals surface area contributed by atoms with Gasteiger partial charge in [-0.1, -0.05) is 167 Å². The van der Waals surface area contributed by atoms with Gasteiger partial charge in [-0.3, -0.25) is 0 Å². The van der Waals surface area contributed by atoms with Gasteiger partial charge in [-0.2, -0.15) is 0 Å². The molecule has 0 aliphatic carbocycles. The van der Waals surface area contributed by atoms with E-state index in [9.17, 15) is 0 Å². The fraction of sp³-hybridized carbons (Fsp3) is 0.250. The number of benzene rings is 8. The minimum atomic E-state index is -0.0466. The van der Waals surface area contributed by atoms with Crippen LogP contribution in [0.25, 0.3) is 60.9 Å². The molecular weight excluding hydrogens is 797 g/mol. The molecule has 66 heavy (non-hydrogen) atoms. The summed E-state index contributed by atoms with van der Waals surface area (Å²) in [5, 5.41) is 2.50. The topological polar surface area (TPSA) is 8.17 Å². The van der Waals surface area contributed by atoms with Crippen LogP contribution in [0.1, 0.15) is 104 Å². The largest absolute Gasteiger partial charge is 0.310 e. The first-order valence-corrected chi connectivity index (χ1v) is 24.4. The lowest BCUT2D eigenvalue weighted by atomic mass is 9.86. The van der Waals surface area contributed by atoms with Gasteiger partial charge in [0.25, 0.3) is 0 Å². The van der Waals surface area contributed by atoms with Crippen molar-refractivity contribution >= 4 is 38.9 Å². The van der Waals surface area contributed by atoms with Crippen molar-refractivity contribution in [1.29, 1.82) is 0 Å². The third kappa shape index (κ3) is 9.66. The number of anilines is 3. The van der Waals surface area contributed by atoms with Crippen molar-refractivity contribution in [2.75, 3.05) is 4.90 Å². The number of hydrogen-bond donors (Lipinski definition) is 0. The molecule has 0 saturated heterocycles. The van der Waals surface area contributed by atoms with Crippen LogP contribution in [-0.4, -0.2) is 4.57 Å². The summed E-state index contributed by atoms with van der Waals surface area (Å²) in [6.45, 7) is 12.4. The number of unbranched alkanes of at least 4 members (excludes halogenated alkanes) is 6. The van der Waals surface area contributed by atoms with Crippen LogP contribution in [0, 0.1) is 27.7 Å². The van der Waals surface area contributed by atoms with E-state index in [4.69, 9.17) is 5.48 Å². The van der Waals surface area contributed by atoms with Gasteiger partial charge in [0.1, 0.15) is 0 Å². The summed E-state index contributed by atoms with van der Waals surface area (Å²) in [5.41, 5.74) is 19.2. The second kappa shape index (κ2) is 20.3. The van der Waals surface area contributed by atoms with Gasteiger partial charge in [0.05, 0.1) is 16.5 Å². The molecule has 0 fully saturated rings. The molecule has 332 valence electrons. The Bertz CT molecular complexity index is 3260. The van der Waals surface area contributed by atoms with Crippen molar-refractivity contribution in [2.45, 2.75) is 106 Å². The molecule has 0 saturated carbocycles. The molecule has 0 amide bonds. The van der Waals surface area contributed by atoms with Crippen LogP contribution in [0.4, 0.5) is 17.1 Å². The highest BCUT2D eigenvalue weighted by Crippen LogP contribution is 2.41. The van der Waals surface area contributed by atoms with E-state index in [0.717, 1.165) is 59.4 Å². The van der Waals surface area contributed by atoms with Gasteiger partial charge in [0.2, 0.25) is 0 Å². The van der Waals surface area contributed by atoms with Crippen LogP contribution >= 0.6 is 0 Å². The number of para-hydroxylation sites is 1. The molecule has 0 bridgehead atoms. The van der Waals surface area contributed by atoms with Gasteiger partial charge >= 0.3 is 0 Å². The normalized spacial score (nSPS) is 12.3. The Morgan fingerprint density at radius 1 is 0.409 bits per heavy atom. The van der Waals surface area contributed by atoms with E-state index >= 15 is 0 Å². The summed E-state index contributed by atoms with van der Waals surface area (Å²) in [4.78, 5) is 1.91. The molecule has 0 aliphatic heterocycles. The molecule has 0 atom stereocenters. The molecule has 1 aromatic heterocycles. The molecule has 1 heterocycles. The summed E-state index contributed by atoms with van der Waals surface area (Å²) in [6.07, 6.45) is 11.4. The number of nitrogens with zero attached hydrogens (tertiary/aromatic N) is 2. The van der Waals surface area contributed by atoms with Gasteiger partial charge in [0.15, 0.2) is 0 Å². The quantitative estimate of drug-likeness (QED) is 0.0828. The second-order valence-corrected chi connectivity index (χ2v) is 18.5. The Balaban J connectivity index is 1.16. The summed E-state index contributed by atoms with van der Waals surface area (Å²) in [5.74, 6) is 0. The third-order valence-corrected chi connectivity index (χ3v) is 13.3. The minimum absolute atomic E-state index is 0.0185. The van der Waals surface area contributed by atoms with E-state index in [1.165, 1.54) is 105 Å². The van der Waals surface area contributed by atoms with Gasteiger partial charge in [-0.15, -0.1) is 0 Å². The van der Waals surface area contributed by atoms with Gasteiger partial charge in [-0.05, 0) is 176 Å². The third-order valence-electron chi connectivity index (χ3n) is 13.3. The molecule has 8 aromatic carbocycles. The molecule has 2 heteroatoms. The Kier molecular flexibility index (Phi) is 12.2. The zero-order valence-corrected chi connectivity index (χ0v) is 39.8. The van der Waals surface area contributed by atoms with Crippen molar-refractivity contribution in [1.82, 2.24) is 4.57 Å². The number of hydrogen-bond acceptors (Lipinski definition) is 1. The predicted octanol–water partition coefficient (Wildman–Crippen LogP) is 18.7. The van der Waals surface area contributed by atoms with Crippen molar-refractivity contribution in [2.24, 2.45) is 0 Å². The zero-order valence-electron chi connectivity index (χ0n) is 43.8. The van der Waals surface area contributed by atoms with Crippen molar-refractivity contribution in [3.05, 3.63) is 203 Å². The van der Waals surface area contributed by atoms with Crippen molar-refractivity contribution in [3.63, 3.8) is 0 Å². The first kappa shape index (κ1) is 39.7. The van der Waals surface area contributed by atoms with Crippen LogP contribution in [-0.2, 0) is 12.8 Å². The Morgan fingerprint density at radius 3 is 1.58 bits per heavy atom. The Labute approximate surface area is 400 Å². The SMILES string of the molecule is [2H]c1c([2H])c(N(c2ccc(-c3cc(CCCCCC)c(-c4ccc5c(c4)c4ccccc4n5-c4ccc(-c5ccc(C)cc5)cc4)cc3CCCCCC)cc2)c2cc(C)cc(C)c2)c([2H])c([2H])c1C. The lowest BCUT2D eigenvalue weighted by Gasteiger charge is -2.27. The lowest BCUT2D eigenvalue weighted by Crippen LogP contribution is -2.10. The minimum Gasteiger partial charge on any atom is -0.310 e. The smallest absolute Gasteiger partial charge is 0.0645 e. The molecule has 0 unspecified atom stereocenters. The predicted molar refractivity (Wildman–Crippen MR) is 286 cm³/mol. The maximum absolute atomic E-state index is 9.14. The highest BCUT2D eigenvalue weighted by molar-refractivity contribution is 6.10. The van der Waals surface area contributed by atoms with Crippen LogP contribution in [0.15, 0.2) is 170 Å². The maximum atomic E-state index is 9.14. The fourth-order valence-corrected chi connectivity index (χ4v) is 9.85. The van der Waals surface area contributed by atoms with Gasteiger partial charge < -0.3 is 9.47 Å². The Hall–Kier alpha value is -6.64. The van der Waals surface area contributed by atoms with E-state index in [0.29, 0.717) is 5.56 Å². The summed E-state index contributed by atoms with van der Waals surface area (Å²) in [7, 11) is 0. The van der Waals surface area contributed by atoms with Gasteiger partial charge in [-0.25, -0.2) is 0 Å². The van der Waals surface area contributed by atoms with E-state index in [2.05, 4.69) is 185 Å². The average molecular weight is 867 g/mol. The monoisotopic (exact) mass is 867 g/mol. The van der Waals surface area contributed by atoms with E-state index in [1.807, 2.05) is 4.90 Å². The Morgan fingerprint density at radius 2 is 0.955 bits per heavy atom. The van der Waals surface area contributed by atoms with Crippen molar-refractivity contribution < 1.29 is 5.48 Å². The van der Waals surface area contributed by atoms with Crippen LogP contribution in [0.3, 0.4) is 0 Å². The van der Waals surface area contributed by atoms with Crippen LogP contribution in [0.2, 0.25) is 0 Å². The fourth-order valence-electron chi connectivity index (χ4n) is 9.85. The maximum Gasteiger partial charge on any atom is 0.0645 e. The highest BCUT2D eigenvalue weighted by atomic mass is 15.1. The van der Waals surface area contributed by atoms with Crippen LogP contribution < -0.4 is 4.90 Å². The van der Waals surface area contributed by atoms with Crippen LogP contribution in [0.5, 0.6) is 0 Å². The average Bonchev–Trinajstić information content (AvgIpc) is 3.70. The zero-order chi connectivity index (χ0) is 49.1. The van der Waals surface area contributed by atoms with E-state index < -0.39 is 0 Å². The van der Waals surface area contributed by atoms with E-state index in [1.54, 1.807) is 6.92 Å². The highest BCUT2D eigenvalue weighted by Gasteiger charge is 2.19. The van der Waals surface area contributed by atoms with Crippen molar-refractivity contribution in [3.8, 4) is 39.1 Å². The second-order valence-electron chi connectivity index (χ2n) is 18.5. The standard InChI is InChI=1S/C64H66N2/c1-7-9-11-13-17-52-43-61(54-31-38-64-62(44-54)59-19-15-16-20-63(59)66(64)57-34-27-50(28-35-57)49-25-21-45(3)22-26-49)53(18-14-12-10-8-2)42-60(52)51-29-36-56(37-30-51)65(55-32-23-46(4)24-33-55)58-40-47(5)39-48(6)41-58/h15-16,19-44H,7-14,17-18H2,1-6H3/i23D,24D,32D,33D. The molecule has 0 spiro atoms. The molecule has 2 nitrogen and oxygen atoms in total.